The first-order chi connectivity index (χ1) is 11.8. The lowest BCUT2D eigenvalue weighted by Crippen LogP contribution is -2.44. The van der Waals surface area contributed by atoms with Crippen LogP contribution in [0.15, 0.2) is 24.3 Å². The molecular formula is C16H22ClN3O4S. The molecule has 1 aromatic rings. The Hall–Kier alpha value is -1.64. The maximum Gasteiger partial charge on any atom is 0.239 e. The summed E-state index contributed by atoms with van der Waals surface area (Å²) in [4.78, 5) is 23.9. The van der Waals surface area contributed by atoms with E-state index in [9.17, 15) is 18.0 Å². The molecule has 2 N–H and O–H groups in total. The van der Waals surface area contributed by atoms with E-state index in [4.69, 9.17) is 11.6 Å². The van der Waals surface area contributed by atoms with Crippen LogP contribution >= 0.6 is 11.6 Å². The normalized spacial score (nSPS) is 16.4. The third-order valence-electron chi connectivity index (χ3n) is 4.12. The molecule has 9 heteroatoms. The molecule has 0 spiro atoms. The quantitative estimate of drug-likeness (QED) is 0.752. The lowest BCUT2D eigenvalue weighted by molar-refractivity contribution is -0.129. The lowest BCUT2D eigenvalue weighted by Gasteiger charge is -2.29. The molecule has 25 heavy (non-hydrogen) atoms. The van der Waals surface area contributed by atoms with Crippen molar-refractivity contribution in [3.05, 3.63) is 34.9 Å². The SMILES string of the molecule is CS(=O)(=O)N1CCC(C(=O)NCC(=O)NCc2ccc(Cl)cc2)CC1. The van der Waals surface area contributed by atoms with Crippen LogP contribution in [0.25, 0.3) is 0 Å². The van der Waals surface area contributed by atoms with Crippen molar-refractivity contribution in [1.82, 2.24) is 14.9 Å². The van der Waals surface area contributed by atoms with Gasteiger partial charge < -0.3 is 10.6 Å². The van der Waals surface area contributed by atoms with E-state index in [1.165, 1.54) is 10.6 Å². The van der Waals surface area contributed by atoms with Gasteiger partial charge in [0.2, 0.25) is 21.8 Å². The number of piperidine rings is 1. The molecule has 2 amide bonds. The first-order valence-corrected chi connectivity index (χ1v) is 10.2. The van der Waals surface area contributed by atoms with Gasteiger partial charge in [-0.05, 0) is 30.5 Å². The van der Waals surface area contributed by atoms with E-state index in [2.05, 4.69) is 10.6 Å². The van der Waals surface area contributed by atoms with Crippen LogP contribution in [-0.4, -0.2) is 50.4 Å². The first-order valence-electron chi connectivity index (χ1n) is 7.99. The fourth-order valence-corrected chi connectivity index (χ4v) is 3.63. The number of carbonyl (C=O) groups is 2. The van der Waals surface area contributed by atoms with Crippen LogP contribution in [0.3, 0.4) is 0 Å². The molecule has 0 bridgehead atoms. The highest BCUT2D eigenvalue weighted by Crippen LogP contribution is 2.19. The van der Waals surface area contributed by atoms with Crippen molar-refractivity contribution < 1.29 is 18.0 Å². The van der Waals surface area contributed by atoms with E-state index >= 15 is 0 Å². The summed E-state index contributed by atoms with van der Waals surface area (Å²) in [5.41, 5.74) is 0.914. The van der Waals surface area contributed by atoms with E-state index in [-0.39, 0.29) is 24.3 Å². The number of nitrogens with one attached hydrogen (secondary N) is 2. The van der Waals surface area contributed by atoms with Crippen LogP contribution in [-0.2, 0) is 26.2 Å². The lowest BCUT2D eigenvalue weighted by atomic mass is 9.97. The van der Waals surface area contributed by atoms with Gasteiger partial charge in [-0.1, -0.05) is 23.7 Å². The Morgan fingerprint density at radius 2 is 1.76 bits per heavy atom. The highest BCUT2D eigenvalue weighted by Gasteiger charge is 2.28. The fraction of sp³-hybridized carbons (Fsp3) is 0.500. The zero-order valence-corrected chi connectivity index (χ0v) is 15.6. The number of hydrogen-bond acceptors (Lipinski definition) is 4. The molecule has 138 valence electrons. The average molecular weight is 388 g/mol. The molecule has 0 radical (unpaired) electrons. The van der Waals surface area contributed by atoms with Crippen molar-refractivity contribution in [2.75, 3.05) is 25.9 Å². The van der Waals surface area contributed by atoms with Crippen molar-refractivity contribution >= 4 is 33.4 Å². The second-order valence-electron chi connectivity index (χ2n) is 6.06. The topological polar surface area (TPSA) is 95.6 Å². The molecule has 1 saturated heterocycles. The second-order valence-corrected chi connectivity index (χ2v) is 8.48. The summed E-state index contributed by atoms with van der Waals surface area (Å²) in [5.74, 6) is -0.756. The fourth-order valence-electron chi connectivity index (χ4n) is 2.63. The molecule has 0 aromatic heterocycles. The number of amides is 2. The summed E-state index contributed by atoms with van der Waals surface area (Å²) >= 11 is 5.80. The van der Waals surface area contributed by atoms with Crippen LogP contribution < -0.4 is 10.6 Å². The van der Waals surface area contributed by atoms with Crippen molar-refractivity contribution in [1.29, 1.82) is 0 Å². The second kappa shape index (κ2) is 8.64. The van der Waals surface area contributed by atoms with Gasteiger partial charge in [0.05, 0.1) is 12.8 Å². The third-order valence-corrected chi connectivity index (χ3v) is 5.68. The summed E-state index contributed by atoms with van der Waals surface area (Å²) in [5, 5.41) is 5.96. The van der Waals surface area contributed by atoms with Gasteiger partial charge in [-0.2, -0.15) is 0 Å². The molecule has 1 heterocycles. The van der Waals surface area contributed by atoms with Gasteiger partial charge in [-0.15, -0.1) is 0 Å². The number of carbonyl (C=O) groups excluding carboxylic acids is 2. The van der Waals surface area contributed by atoms with Gasteiger partial charge in [0, 0.05) is 30.6 Å². The smallest absolute Gasteiger partial charge is 0.239 e. The van der Waals surface area contributed by atoms with Gasteiger partial charge in [-0.3, -0.25) is 9.59 Å². The van der Waals surface area contributed by atoms with Gasteiger partial charge in [0.15, 0.2) is 0 Å². The molecule has 1 fully saturated rings. The Morgan fingerprint density at radius 1 is 1.16 bits per heavy atom. The van der Waals surface area contributed by atoms with Gasteiger partial charge in [0.1, 0.15) is 0 Å². The monoisotopic (exact) mass is 387 g/mol. The Bertz CT molecular complexity index is 713. The van der Waals surface area contributed by atoms with E-state index < -0.39 is 10.0 Å². The van der Waals surface area contributed by atoms with E-state index in [1.54, 1.807) is 12.1 Å². The minimum Gasteiger partial charge on any atom is -0.350 e. The Labute approximate surface area is 152 Å². The molecule has 0 saturated carbocycles. The minimum absolute atomic E-state index is 0.0985. The van der Waals surface area contributed by atoms with Crippen LogP contribution in [0.4, 0.5) is 0 Å². The minimum atomic E-state index is -3.21. The molecular weight excluding hydrogens is 366 g/mol. The molecule has 1 aromatic carbocycles. The van der Waals surface area contributed by atoms with Gasteiger partial charge in [0.25, 0.3) is 0 Å². The summed E-state index contributed by atoms with van der Waals surface area (Å²) < 4.78 is 24.3. The number of nitrogens with zero attached hydrogens (tertiary/aromatic N) is 1. The third kappa shape index (κ3) is 6.30. The number of benzene rings is 1. The van der Waals surface area contributed by atoms with Crippen LogP contribution in [0, 0.1) is 5.92 Å². The largest absolute Gasteiger partial charge is 0.350 e. The van der Waals surface area contributed by atoms with Crippen LogP contribution in [0.1, 0.15) is 18.4 Å². The number of halogens is 1. The number of rotatable bonds is 6. The molecule has 7 nitrogen and oxygen atoms in total. The van der Waals surface area contributed by atoms with Crippen LogP contribution in [0.2, 0.25) is 5.02 Å². The maximum absolute atomic E-state index is 12.1. The molecule has 0 unspecified atom stereocenters. The number of hydrogen-bond donors (Lipinski definition) is 2. The van der Waals surface area contributed by atoms with Crippen molar-refractivity contribution in [2.24, 2.45) is 5.92 Å². The zero-order chi connectivity index (χ0) is 18.4. The van der Waals surface area contributed by atoms with E-state index in [0.717, 1.165) is 5.56 Å². The molecule has 2 rings (SSSR count). The number of sulfonamides is 1. The van der Waals surface area contributed by atoms with Crippen LogP contribution in [0.5, 0.6) is 0 Å². The standard InChI is InChI=1S/C16H22ClN3O4S/c1-25(23,24)20-8-6-13(7-9-20)16(22)19-11-15(21)18-10-12-2-4-14(17)5-3-12/h2-5,13H,6-11H2,1H3,(H,18,21)(H,19,22). The summed E-state index contributed by atoms with van der Waals surface area (Å²) in [7, 11) is -3.21. The van der Waals surface area contributed by atoms with E-state index in [1.807, 2.05) is 12.1 Å². The highest BCUT2D eigenvalue weighted by molar-refractivity contribution is 7.88. The predicted molar refractivity (Wildman–Crippen MR) is 95.4 cm³/mol. The Morgan fingerprint density at radius 3 is 2.32 bits per heavy atom. The van der Waals surface area contributed by atoms with E-state index in [0.29, 0.717) is 37.5 Å². The van der Waals surface area contributed by atoms with Crippen molar-refractivity contribution in [3.8, 4) is 0 Å². The zero-order valence-electron chi connectivity index (χ0n) is 14.0. The molecule has 1 aliphatic rings. The Kier molecular flexibility index (Phi) is 6.80. The van der Waals surface area contributed by atoms with Crippen molar-refractivity contribution in [3.63, 3.8) is 0 Å². The molecule has 1 aliphatic heterocycles. The predicted octanol–water partition coefficient (Wildman–Crippen LogP) is 0.744. The molecule has 0 atom stereocenters. The summed E-state index contributed by atoms with van der Waals surface area (Å²) in [6, 6.07) is 7.12. The maximum atomic E-state index is 12.1. The first kappa shape index (κ1) is 19.7. The highest BCUT2D eigenvalue weighted by atomic mass is 35.5. The van der Waals surface area contributed by atoms with Gasteiger partial charge >= 0.3 is 0 Å². The molecule has 0 aliphatic carbocycles. The summed E-state index contributed by atoms with van der Waals surface area (Å²) in [6.07, 6.45) is 2.09. The average Bonchev–Trinajstić information content (AvgIpc) is 2.58. The van der Waals surface area contributed by atoms with Gasteiger partial charge in [-0.25, -0.2) is 12.7 Å². The summed E-state index contributed by atoms with van der Waals surface area (Å²) in [6.45, 7) is 0.927. The van der Waals surface area contributed by atoms with Crippen molar-refractivity contribution in [2.45, 2.75) is 19.4 Å². The Balaban J connectivity index is 1.69.